The van der Waals surface area contributed by atoms with Crippen molar-refractivity contribution in [1.29, 1.82) is 0 Å². The Kier molecular flexibility index (Phi) is 5.48. The van der Waals surface area contributed by atoms with Crippen LogP contribution >= 0.6 is 23.2 Å². The third-order valence-electron chi connectivity index (χ3n) is 2.86. The predicted octanol–water partition coefficient (Wildman–Crippen LogP) is 4.78. The second-order valence-corrected chi connectivity index (χ2v) is 5.03. The Morgan fingerprint density at radius 1 is 1.05 bits per heavy atom. The van der Waals surface area contributed by atoms with Crippen LogP contribution in [0.1, 0.15) is 22.8 Å². The third kappa shape index (κ3) is 3.69. The minimum absolute atomic E-state index is 0.156. The van der Waals surface area contributed by atoms with Gasteiger partial charge in [-0.2, -0.15) is 0 Å². The normalized spacial score (nSPS) is 10.2. The zero-order valence-corrected chi connectivity index (χ0v) is 12.9. The molecule has 0 aromatic heterocycles. The van der Waals surface area contributed by atoms with Gasteiger partial charge in [0.25, 0.3) is 0 Å². The van der Waals surface area contributed by atoms with Crippen LogP contribution in [0.3, 0.4) is 0 Å². The molecule has 0 saturated carbocycles. The Hall–Kier alpha value is -1.71. The number of aldehydes is 1. The van der Waals surface area contributed by atoms with Crippen molar-refractivity contribution in [3.05, 3.63) is 57.6 Å². The van der Waals surface area contributed by atoms with Gasteiger partial charge in [-0.3, -0.25) is 4.79 Å². The monoisotopic (exact) mass is 324 g/mol. The highest BCUT2D eigenvalue weighted by Gasteiger charge is 2.13. The maximum Gasteiger partial charge on any atom is 0.172 e. The van der Waals surface area contributed by atoms with E-state index in [2.05, 4.69) is 0 Å². The summed E-state index contributed by atoms with van der Waals surface area (Å²) in [7, 11) is 0. The predicted molar refractivity (Wildman–Crippen MR) is 83.8 cm³/mol. The van der Waals surface area contributed by atoms with Gasteiger partial charge in [0.2, 0.25) is 0 Å². The first-order valence-corrected chi connectivity index (χ1v) is 7.19. The van der Waals surface area contributed by atoms with Crippen LogP contribution in [-0.2, 0) is 6.61 Å². The fourth-order valence-electron chi connectivity index (χ4n) is 1.86. The van der Waals surface area contributed by atoms with E-state index in [0.717, 1.165) is 6.29 Å². The Balaban J connectivity index is 2.29. The molecular formula is C16H14Cl2O3. The summed E-state index contributed by atoms with van der Waals surface area (Å²) in [6.07, 6.45) is 0.728. The van der Waals surface area contributed by atoms with E-state index in [1.165, 1.54) is 0 Å². The van der Waals surface area contributed by atoms with Gasteiger partial charge in [0.1, 0.15) is 6.61 Å². The fourth-order valence-corrected chi connectivity index (χ4v) is 2.37. The van der Waals surface area contributed by atoms with E-state index in [9.17, 15) is 4.79 Å². The van der Waals surface area contributed by atoms with Gasteiger partial charge < -0.3 is 9.47 Å². The summed E-state index contributed by atoms with van der Waals surface area (Å²) < 4.78 is 11.2. The molecule has 21 heavy (non-hydrogen) atoms. The molecule has 0 aliphatic carbocycles. The third-order valence-corrected chi connectivity index (χ3v) is 3.57. The number of hydrogen-bond acceptors (Lipinski definition) is 3. The van der Waals surface area contributed by atoms with Crippen LogP contribution in [0.4, 0.5) is 0 Å². The van der Waals surface area contributed by atoms with Gasteiger partial charge in [-0.25, -0.2) is 0 Å². The van der Waals surface area contributed by atoms with Crippen molar-refractivity contribution >= 4 is 29.5 Å². The Bertz CT molecular complexity index is 621. The van der Waals surface area contributed by atoms with Crippen molar-refractivity contribution in [3.63, 3.8) is 0 Å². The summed E-state index contributed by atoms with van der Waals surface area (Å²) in [5.41, 5.74) is 1.09. The number of benzene rings is 2. The summed E-state index contributed by atoms with van der Waals surface area (Å²) in [5, 5.41) is 1.04. The van der Waals surface area contributed by atoms with Crippen molar-refractivity contribution in [2.24, 2.45) is 0 Å². The minimum atomic E-state index is 0.156. The van der Waals surface area contributed by atoms with E-state index < -0.39 is 0 Å². The highest BCUT2D eigenvalue weighted by atomic mass is 35.5. The second-order valence-electron chi connectivity index (χ2n) is 4.21. The van der Waals surface area contributed by atoms with E-state index in [0.29, 0.717) is 39.3 Å². The lowest BCUT2D eigenvalue weighted by Crippen LogP contribution is -2.03. The van der Waals surface area contributed by atoms with Crippen molar-refractivity contribution in [2.45, 2.75) is 13.5 Å². The molecule has 0 aliphatic rings. The molecule has 2 aromatic rings. The standard InChI is InChI=1S/C16H14Cl2O3/c1-2-20-15-8-3-5-11(9-19)16(15)21-10-12-13(17)6-4-7-14(12)18/h3-9H,2,10H2,1H3. The lowest BCUT2D eigenvalue weighted by Gasteiger charge is -2.14. The number of rotatable bonds is 6. The maximum atomic E-state index is 11.1. The molecule has 0 fully saturated rings. The van der Waals surface area contributed by atoms with Crippen molar-refractivity contribution < 1.29 is 14.3 Å². The van der Waals surface area contributed by atoms with E-state index in [1.54, 1.807) is 36.4 Å². The molecule has 0 spiro atoms. The van der Waals surface area contributed by atoms with Crippen molar-refractivity contribution in [2.75, 3.05) is 6.61 Å². The van der Waals surface area contributed by atoms with Crippen LogP contribution in [-0.4, -0.2) is 12.9 Å². The second kappa shape index (κ2) is 7.34. The topological polar surface area (TPSA) is 35.5 Å². The highest BCUT2D eigenvalue weighted by molar-refractivity contribution is 6.35. The molecule has 0 atom stereocenters. The lowest BCUT2D eigenvalue weighted by molar-refractivity contribution is 0.111. The molecular weight excluding hydrogens is 311 g/mol. The summed E-state index contributed by atoms with van der Waals surface area (Å²) in [4.78, 5) is 11.1. The maximum absolute atomic E-state index is 11.1. The average Bonchev–Trinajstić information content (AvgIpc) is 2.48. The van der Waals surface area contributed by atoms with Crippen LogP contribution in [0, 0.1) is 0 Å². The molecule has 5 heteroatoms. The molecule has 0 amide bonds. The Morgan fingerprint density at radius 2 is 1.71 bits per heavy atom. The first-order valence-electron chi connectivity index (χ1n) is 6.44. The average molecular weight is 325 g/mol. The van der Waals surface area contributed by atoms with E-state index in [1.807, 2.05) is 6.92 Å². The molecule has 0 N–H and O–H groups in total. The van der Waals surface area contributed by atoms with Gasteiger partial charge in [0.05, 0.1) is 12.2 Å². The van der Waals surface area contributed by atoms with Gasteiger partial charge in [-0.15, -0.1) is 0 Å². The largest absolute Gasteiger partial charge is 0.490 e. The van der Waals surface area contributed by atoms with Gasteiger partial charge in [0, 0.05) is 15.6 Å². The molecule has 0 unspecified atom stereocenters. The number of hydrogen-bond donors (Lipinski definition) is 0. The first kappa shape index (κ1) is 15.7. The van der Waals surface area contributed by atoms with Gasteiger partial charge in [0.15, 0.2) is 17.8 Å². The summed E-state index contributed by atoms with van der Waals surface area (Å²) in [6.45, 7) is 2.50. The van der Waals surface area contributed by atoms with Crippen LogP contribution in [0.15, 0.2) is 36.4 Å². The van der Waals surface area contributed by atoms with Crippen molar-refractivity contribution in [3.8, 4) is 11.5 Å². The molecule has 2 rings (SSSR count). The molecule has 2 aromatic carbocycles. The molecule has 0 bridgehead atoms. The molecule has 0 saturated heterocycles. The lowest BCUT2D eigenvalue weighted by atomic mass is 10.2. The van der Waals surface area contributed by atoms with Gasteiger partial charge >= 0.3 is 0 Å². The zero-order chi connectivity index (χ0) is 15.2. The summed E-state index contributed by atoms with van der Waals surface area (Å²) >= 11 is 12.2. The Labute approximate surface area is 133 Å². The minimum Gasteiger partial charge on any atom is -0.490 e. The van der Waals surface area contributed by atoms with Gasteiger partial charge in [-0.05, 0) is 31.2 Å². The SMILES string of the molecule is CCOc1cccc(C=O)c1OCc1c(Cl)cccc1Cl. The van der Waals surface area contributed by atoms with Crippen LogP contribution in [0.25, 0.3) is 0 Å². The molecule has 3 nitrogen and oxygen atoms in total. The van der Waals surface area contributed by atoms with Gasteiger partial charge in [-0.1, -0.05) is 35.3 Å². The summed E-state index contributed by atoms with van der Waals surface area (Å²) in [5.74, 6) is 0.913. The molecule has 0 radical (unpaired) electrons. The smallest absolute Gasteiger partial charge is 0.172 e. The highest BCUT2D eigenvalue weighted by Crippen LogP contribution is 2.33. The van der Waals surface area contributed by atoms with E-state index in [-0.39, 0.29) is 6.61 Å². The quantitative estimate of drug-likeness (QED) is 0.717. The molecule has 110 valence electrons. The zero-order valence-electron chi connectivity index (χ0n) is 11.4. The van der Waals surface area contributed by atoms with Crippen molar-refractivity contribution in [1.82, 2.24) is 0 Å². The van der Waals surface area contributed by atoms with E-state index in [4.69, 9.17) is 32.7 Å². The molecule has 0 aliphatic heterocycles. The fraction of sp³-hybridized carbons (Fsp3) is 0.188. The summed E-state index contributed by atoms with van der Waals surface area (Å²) in [6, 6.07) is 10.4. The van der Waals surface area contributed by atoms with Crippen LogP contribution < -0.4 is 9.47 Å². The number of ether oxygens (including phenoxy) is 2. The number of halogens is 2. The Morgan fingerprint density at radius 3 is 2.33 bits per heavy atom. The first-order chi connectivity index (χ1) is 10.2. The number of para-hydroxylation sites is 1. The number of carbonyl (C=O) groups is 1. The van der Waals surface area contributed by atoms with E-state index >= 15 is 0 Å². The number of carbonyl (C=O) groups excluding carboxylic acids is 1. The van der Waals surface area contributed by atoms with Crippen LogP contribution in [0.2, 0.25) is 10.0 Å². The molecule has 0 heterocycles. The van der Waals surface area contributed by atoms with Crippen LogP contribution in [0.5, 0.6) is 11.5 Å².